The molecule has 0 radical (unpaired) electrons. The Bertz CT molecular complexity index is 905. The molecule has 0 saturated carbocycles. The number of aliphatic hydroxyl groups is 1. The second kappa shape index (κ2) is 8.53. The Labute approximate surface area is 180 Å². The largest absolute Gasteiger partial charge is 0.421 e. The highest BCUT2D eigenvalue weighted by molar-refractivity contribution is 5.61. The van der Waals surface area contributed by atoms with Crippen LogP contribution in [0, 0.1) is 5.92 Å². The van der Waals surface area contributed by atoms with Crippen LogP contribution < -0.4 is 15.1 Å². The van der Waals surface area contributed by atoms with Gasteiger partial charge in [-0.15, -0.1) is 0 Å². The van der Waals surface area contributed by atoms with Gasteiger partial charge in [0.1, 0.15) is 11.4 Å². The molecule has 6 nitrogen and oxygen atoms in total. The van der Waals surface area contributed by atoms with Gasteiger partial charge in [-0.1, -0.05) is 6.92 Å². The van der Waals surface area contributed by atoms with Crippen LogP contribution in [0.4, 0.5) is 36.3 Å². The first-order chi connectivity index (χ1) is 14.7. The fraction of sp³-hybridized carbons (Fsp3) is 0.545. The van der Waals surface area contributed by atoms with E-state index in [1.54, 1.807) is 4.90 Å². The van der Waals surface area contributed by atoms with Crippen molar-refractivity contribution in [1.82, 2.24) is 9.97 Å². The number of benzene rings is 1. The summed E-state index contributed by atoms with van der Waals surface area (Å²) in [6.07, 6.45) is -1.38. The highest BCUT2D eigenvalue weighted by atomic mass is 19.4. The van der Waals surface area contributed by atoms with E-state index in [1.165, 1.54) is 0 Å². The van der Waals surface area contributed by atoms with Crippen molar-refractivity contribution >= 4 is 23.1 Å². The highest BCUT2D eigenvalue weighted by Crippen LogP contribution is 2.39. The van der Waals surface area contributed by atoms with Crippen molar-refractivity contribution in [1.29, 1.82) is 0 Å². The first-order valence-corrected chi connectivity index (χ1v) is 10.7. The standard InChI is InChI=1S/C22H28F3N5O/c1-14-9-11-30(15(14)2)20-19(22(23,24)25)12-26-21(28-20)27-16-5-7-17(8-6-16)29-10-3-4-18(31)13-29/h5-8,12,14-15,18,31H,3-4,9-11,13H2,1-2H3,(H,26,27,28). The van der Waals surface area contributed by atoms with Crippen LogP contribution >= 0.6 is 0 Å². The van der Waals surface area contributed by atoms with E-state index in [9.17, 15) is 18.3 Å². The molecule has 1 aromatic carbocycles. The van der Waals surface area contributed by atoms with Crippen LogP contribution in [0.3, 0.4) is 0 Å². The van der Waals surface area contributed by atoms with E-state index in [2.05, 4.69) is 20.2 Å². The summed E-state index contributed by atoms with van der Waals surface area (Å²) in [7, 11) is 0. The molecular weight excluding hydrogens is 407 g/mol. The maximum absolute atomic E-state index is 13.6. The smallest absolute Gasteiger partial charge is 0.391 e. The monoisotopic (exact) mass is 435 g/mol. The first kappa shape index (κ1) is 21.7. The van der Waals surface area contributed by atoms with Crippen LogP contribution in [-0.4, -0.2) is 46.9 Å². The third-order valence-electron chi connectivity index (χ3n) is 6.37. The molecule has 31 heavy (non-hydrogen) atoms. The molecule has 0 bridgehead atoms. The van der Waals surface area contributed by atoms with Gasteiger partial charge < -0.3 is 20.2 Å². The zero-order chi connectivity index (χ0) is 22.2. The molecule has 2 aliphatic heterocycles. The molecule has 3 atom stereocenters. The van der Waals surface area contributed by atoms with Gasteiger partial charge in [-0.05, 0) is 56.4 Å². The number of alkyl halides is 3. The molecule has 0 spiro atoms. The summed E-state index contributed by atoms with van der Waals surface area (Å²) in [6, 6.07) is 7.52. The molecule has 2 fully saturated rings. The van der Waals surface area contributed by atoms with E-state index in [4.69, 9.17) is 0 Å². The second-order valence-electron chi connectivity index (χ2n) is 8.54. The van der Waals surface area contributed by atoms with Crippen LogP contribution in [0.5, 0.6) is 0 Å². The number of rotatable bonds is 4. The zero-order valence-electron chi connectivity index (χ0n) is 17.7. The predicted octanol–water partition coefficient (Wildman–Crippen LogP) is 4.43. The Kier molecular flexibility index (Phi) is 5.96. The number of piperidine rings is 1. The Balaban J connectivity index is 1.55. The summed E-state index contributed by atoms with van der Waals surface area (Å²) in [5, 5.41) is 12.9. The molecule has 168 valence electrons. The molecule has 2 aromatic rings. The second-order valence-corrected chi connectivity index (χ2v) is 8.54. The molecule has 3 heterocycles. The van der Waals surface area contributed by atoms with E-state index in [0.29, 0.717) is 24.7 Å². The number of aromatic nitrogens is 2. The van der Waals surface area contributed by atoms with Gasteiger partial charge in [-0.3, -0.25) is 0 Å². The third kappa shape index (κ3) is 4.71. The summed E-state index contributed by atoms with van der Waals surface area (Å²) in [5.74, 6) is 0.366. The number of anilines is 4. The van der Waals surface area contributed by atoms with Crippen molar-refractivity contribution in [2.45, 2.75) is 51.4 Å². The molecule has 3 unspecified atom stereocenters. The molecule has 0 aliphatic carbocycles. The van der Waals surface area contributed by atoms with Crippen molar-refractivity contribution < 1.29 is 18.3 Å². The van der Waals surface area contributed by atoms with Gasteiger partial charge in [-0.25, -0.2) is 4.98 Å². The summed E-state index contributed by atoms with van der Waals surface area (Å²) in [5.41, 5.74) is 0.881. The van der Waals surface area contributed by atoms with Crippen molar-refractivity contribution in [3.8, 4) is 0 Å². The molecule has 2 N–H and O–H groups in total. The SMILES string of the molecule is CC1CCN(c2nc(Nc3ccc(N4CCCC(O)C4)cc3)ncc2C(F)(F)F)C1C. The number of β-amino-alcohol motifs (C(OH)–C–C–N with tert-alkyl or cyclic N) is 1. The topological polar surface area (TPSA) is 64.5 Å². The quantitative estimate of drug-likeness (QED) is 0.741. The maximum Gasteiger partial charge on any atom is 0.421 e. The van der Waals surface area contributed by atoms with Gasteiger partial charge in [0, 0.05) is 43.2 Å². The zero-order valence-corrected chi connectivity index (χ0v) is 17.7. The molecule has 2 aliphatic rings. The van der Waals surface area contributed by atoms with Gasteiger partial charge in [0.25, 0.3) is 0 Å². The average Bonchev–Trinajstić information content (AvgIpc) is 3.06. The number of hydrogen-bond donors (Lipinski definition) is 2. The minimum atomic E-state index is -4.51. The molecule has 9 heteroatoms. The van der Waals surface area contributed by atoms with Crippen molar-refractivity contribution in [2.24, 2.45) is 5.92 Å². The Morgan fingerprint density at radius 2 is 1.84 bits per heavy atom. The summed E-state index contributed by atoms with van der Waals surface area (Å²) in [6.45, 7) is 6.01. The first-order valence-electron chi connectivity index (χ1n) is 10.7. The lowest BCUT2D eigenvalue weighted by atomic mass is 10.1. The van der Waals surface area contributed by atoms with Crippen LogP contribution in [0.1, 0.15) is 38.7 Å². The van der Waals surface area contributed by atoms with E-state index in [-0.39, 0.29) is 23.9 Å². The third-order valence-corrected chi connectivity index (χ3v) is 6.37. The number of nitrogens with zero attached hydrogens (tertiary/aromatic N) is 4. The van der Waals surface area contributed by atoms with E-state index < -0.39 is 11.7 Å². The lowest BCUT2D eigenvalue weighted by Gasteiger charge is -2.32. The van der Waals surface area contributed by atoms with Crippen LogP contribution in [-0.2, 0) is 6.18 Å². The molecule has 1 aromatic heterocycles. The number of halogens is 3. The molecule has 2 saturated heterocycles. The lowest BCUT2D eigenvalue weighted by Crippen LogP contribution is -2.38. The maximum atomic E-state index is 13.6. The Hall–Kier alpha value is -2.55. The van der Waals surface area contributed by atoms with Gasteiger partial charge in [0.2, 0.25) is 5.95 Å². The molecule has 4 rings (SSSR count). The normalized spacial score (nSPS) is 24.5. The summed E-state index contributed by atoms with van der Waals surface area (Å²) in [4.78, 5) is 12.0. The Morgan fingerprint density at radius 1 is 1.10 bits per heavy atom. The van der Waals surface area contributed by atoms with Crippen LogP contribution in [0.25, 0.3) is 0 Å². The van der Waals surface area contributed by atoms with Crippen molar-refractivity contribution in [3.05, 3.63) is 36.0 Å². The van der Waals surface area contributed by atoms with Crippen molar-refractivity contribution in [3.63, 3.8) is 0 Å². The van der Waals surface area contributed by atoms with E-state index >= 15 is 0 Å². The lowest BCUT2D eigenvalue weighted by molar-refractivity contribution is -0.137. The fourth-order valence-electron chi connectivity index (χ4n) is 4.32. The number of nitrogens with one attached hydrogen (secondary N) is 1. The van der Waals surface area contributed by atoms with Crippen molar-refractivity contribution in [2.75, 3.05) is 34.8 Å². The van der Waals surface area contributed by atoms with Gasteiger partial charge >= 0.3 is 6.18 Å². The van der Waals surface area contributed by atoms with Crippen LogP contribution in [0.15, 0.2) is 30.5 Å². The highest BCUT2D eigenvalue weighted by Gasteiger charge is 2.39. The van der Waals surface area contributed by atoms with Gasteiger partial charge in [0.15, 0.2) is 0 Å². The van der Waals surface area contributed by atoms with Gasteiger partial charge in [-0.2, -0.15) is 18.2 Å². The predicted molar refractivity (Wildman–Crippen MR) is 115 cm³/mol. The van der Waals surface area contributed by atoms with E-state index in [0.717, 1.165) is 37.7 Å². The fourth-order valence-corrected chi connectivity index (χ4v) is 4.32. The average molecular weight is 435 g/mol. The van der Waals surface area contributed by atoms with E-state index in [1.807, 2.05) is 38.1 Å². The van der Waals surface area contributed by atoms with Gasteiger partial charge in [0.05, 0.1) is 6.10 Å². The Morgan fingerprint density at radius 3 is 2.45 bits per heavy atom. The summed E-state index contributed by atoms with van der Waals surface area (Å²) < 4.78 is 40.8. The minimum Gasteiger partial charge on any atom is -0.391 e. The molecular formula is C22H28F3N5O. The number of hydrogen-bond acceptors (Lipinski definition) is 6. The summed E-state index contributed by atoms with van der Waals surface area (Å²) >= 11 is 0. The minimum absolute atomic E-state index is 0.0250. The van der Waals surface area contributed by atoms with Crippen LogP contribution in [0.2, 0.25) is 0 Å². The number of aliphatic hydroxyl groups excluding tert-OH is 1. The molecule has 0 amide bonds.